The van der Waals surface area contributed by atoms with Gasteiger partial charge in [-0.15, -0.1) is 0 Å². The maximum atomic E-state index is 12.0. The maximum absolute atomic E-state index is 12.0. The summed E-state index contributed by atoms with van der Waals surface area (Å²) < 4.78 is 10.3. The van der Waals surface area contributed by atoms with Crippen molar-refractivity contribution in [3.05, 3.63) is 35.9 Å². The van der Waals surface area contributed by atoms with Crippen LogP contribution in [-0.2, 0) is 6.42 Å². The summed E-state index contributed by atoms with van der Waals surface area (Å²) in [7, 11) is 3.08. The largest absolute Gasteiger partial charge is 0.497 e. The lowest BCUT2D eigenvalue weighted by Gasteiger charge is -2.08. The van der Waals surface area contributed by atoms with Crippen LogP contribution in [-0.4, -0.2) is 41.9 Å². The number of rotatable bonds is 6. The minimum Gasteiger partial charge on any atom is -0.497 e. The Hall–Kier alpha value is -2.57. The molecule has 7 nitrogen and oxygen atoms in total. The number of aromatic amines is 1. The molecular weight excluding hydrogens is 260 g/mol. The van der Waals surface area contributed by atoms with Crippen molar-refractivity contribution in [3.8, 4) is 11.5 Å². The lowest BCUT2D eigenvalue weighted by atomic mass is 10.2. The first-order valence-corrected chi connectivity index (χ1v) is 6.08. The fraction of sp³-hybridized carbons (Fsp3) is 0.308. The molecule has 2 aromatic rings. The molecule has 0 fully saturated rings. The van der Waals surface area contributed by atoms with E-state index in [4.69, 9.17) is 9.47 Å². The molecule has 0 bridgehead atoms. The number of aromatic nitrogens is 3. The number of nitrogens with zero attached hydrogens (tertiary/aromatic N) is 2. The van der Waals surface area contributed by atoms with Crippen molar-refractivity contribution in [1.29, 1.82) is 0 Å². The monoisotopic (exact) mass is 276 g/mol. The number of benzene rings is 1. The van der Waals surface area contributed by atoms with Gasteiger partial charge in [-0.1, -0.05) is 0 Å². The van der Waals surface area contributed by atoms with E-state index >= 15 is 0 Å². The fourth-order valence-corrected chi connectivity index (χ4v) is 1.69. The molecule has 0 saturated heterocycles. The molecule has 2 N–H and O–H groups in total. The quantitative estimate of drug-likeness (QED) is 0.814. The molecular formula is C13H16N4O3. The average molecular weight is 276 g/mol. The van der Waals surface area contributed by atoms with Gasteiger partial charge in [0.05, 0.1) is 14.2 Å². The third-order valence-electron chi connectivity index (χ3n) is 2.73. The number of hydrogen-bond donors (Lipinski definition) is 2. The SMILES string of the molecule is COc1cc(OC)cc(C(=O)NCCc2ncn[nH]2)c1. The third-order valence-corrected chi connectivity index (χ3v) is 2.73. The smallest absolute Gasteiger partial charge is 0.251 e. The highest BCUT2D eigenvalue weighted by molar-refractivity contribution is 5.95. The molecule has 2 rings (SSSR count). The molecule has 1 heterocycles. The van der Waals surface area contributed by atoms with Gasteiger partial charge in [-0.05, 0) is 12.1 Å². The number of nitrogens with one attached hydrogen (secondary N) is 2. The summed E-state index contributed by atoms with van der Waals surface area (Å²) in [5.74, 6) is 1.68. The zero-order valence-electron chi connectivity index (χ0n) is 11.3. The van der Waals surface area contributed by atoms with Crippen LogP contribution in [0.5, 0.6) is 11.5 Å². The Morgan fingerprint density at radius 3 is 2.50 bits per heavy atom. The first-order chi connectivity index (χ1) is 9.72. The second-order valence-electron chi connectivity index (χ2n) is 4.04. The fourth-order valence-electron chi connectivity index (χ4n) is 1.69. The van der Waals surface area contributed by atoms with Gasteiger partial charge in [0.1, 0.15) is 23.7 Å². The van der Waals surface area contributed by atoms with Gasteiger partial charge in [0.25, 0.3) is 5.91 Å². The van der Waals surface area contributed by atoms with Crippen LogP contribution in [0.1, 0.15) is 16.2 Å². The maximum Gasteiger partial charge on any atom is 0.251 e. The van der Waals surface area contributed by atoms with E-state index in [1.54, 1.807) is 32.4 Å². The van der Waals surface area contributed by atoms with Crippen molar-refractivity contribution in [1.82, 2.24) is 20.5 Å². The Morgan fingerprint density at radius 2 is 1.95 bits per heavy atom. The van der Waals surface area contributed by atoms with Gasteiger partial charge in [-0.2, -0.15) is 5.10 Å². The standard InChI is InChI=1S/C13H16N4O3/c1-19-10-5-9(6-11(7-10)20-2)13(18)14-4-3-12-15-8-16-17-12/h5-8H,3-4H2,1-2H3,(H,14,18)(H,15,16,17). The number of ether oxygens (including phenoxy) is 2. The molecule has 0 aliphatic carbocycles. The number of methoxy groups -OCH3 is 2. The summed E-state index contributed by atoms with van der Waals surface area (Å²) in [5, 5.41) is 9.28. The van der Waals surface area contributed by atoms with Crippen molar-refractivity contribution in [2.45, 2.75) is 6.42 Å². The molecule has 0 unspecified atom stereocenters. The number of hydrogen-bond acceptors (Lipinski definition) is 5. The van der Waals surface area contributed by atoms with Gasteiger partial charge in [0, 0.05) is 24.6 Å². The van der Waals surface area contributed by atoms with E-state index in [9.17, 15) is 4.79 Å². The number of carbonyl (C=O) groups is 1. The summed E-state index contributed by atoms with van der Waals surface area (Å²) in [6.07, 6.45) is 2.02. The Kier molecular flexibility index (Phi) is 4.54. The highest BCUT2D eigenvalue weighted by atomic mass is 16.5. The van der Waals surface area contributed by atoms with Crippen LogP contribution < -0.4 is 14.8 Å². The highest BCUT2D eigenvalue weighted by Crippen LogP contribution is 2.22. The molecule has 0 radical (unpaired) electrons. The van der Waals surface area contributed by atoms with E-state index in [2.05, 4.69) is 20.5 Å². The zero-order chi connectivity index (χ0) is 14.4. The summed E-state index contributed by atoms with van der Waals surface area (Å²) >= 11 is 0. The summed E-state index contributed by atoms with van der Waals surface area (Å²) in [5.41, 5.74) is 0.485. The van der Waals surface area contributed by atoms with Gasteiger partial charge >= 0.3 is 0 Å². The minimum atomic E-state index is -0.193. The first kappa shape index (κ1) is 13.9. The molecule has 7 heteroatoms. The van der Waals surface area contributed by atoms with E-state index in [-0.39, 0.29) is 5.91 Å². The van der Waals surface area contributed by atoms with E-state index in [1.807, 2.05) is 0 Å². The van der Waals surface area contributed by atoms with Gasteiger partial charge in [-0.25, -0.2) is 4.98 Å². The van der Waals surface area contributed by atoms with E-state index in [0.717, 1.165) is 5.82 Å². The van der Waals surface area contributed by atoms with Crippen molar-refractivity contribution < 1.29 is 14.3 Å². The van der Waals surface area contributed by atoms with Gasteiger partial charge in [-0.3, -0.25) is 9.89 Å². The first-order valence-electron chi connectivity index (χ1n) is 6.08. The van der Waals surface area contributed by atoms with Crippen LogP contribution in [0.25, 0.3) is 0 Å². The second-order valence-corrected chi connectivity index (χ2v) is 4.04. The Morgan fingerprint density at radius 1 is 1.25 bits per heavy atom. The molecule has 1 aromatic carbocycles. The normalized spacial score (nSPS) is 10.1. The predicted molar refractivity (Wildman–Crippen MR) is 72.0 cm³/mol. The van der Waals surface area contributed by atoms with Crippen LogP contribution >= 0.6 is 0 Å². The topological polar surface area (TPSA) is 89.1 Å². The molecule has 0 aliphatic heterocycles. The molecule has 0 atom stereocenters. The van der Waals surface area contributed by atoms with Crippen LogP contribution in [0.2, 0.25) is 0 Å². The zero-order valence-corrected chi connectivity index (χ0v) is 11.3. The van der Waals surface area contributed by atoms with Crippen molar-refractivity contribution in [2.75, 3.05) is 20.8 Å². The predicted octanol–water partition coefficient (Wildman–Crippen LogP) is 0.794. The van der Waals surface area contributed by atoms with Crippen molar-refractivity contribution >= 4 is 5.91 Å². The van der Waals surface area contributed by atoms with Gasteiger partial charge in [0.15, 0.2) is 0 Å². The number of H-pyrrole nitrogens is 1. The molecule has 0 saturated carbocycles. The van der Waals surface area contributed by atoms with Crippen LogP contribution in [0.4, 0.5) is 0 Å². The van der Waals surface area contributed by atoms with E-state index in [0.29, 0.717) is 30.0 Å². The van der Waals surface area contributed by atoms with Gasteiger partial charge < -0.3 is 14.8 Å². The number of amides is 1. The van der Waals surface area contributed by atoms with E-state index in [1.165, 1.54) is 6.33 Å². The minimum absolute atomic E-state index is 0.193. The Labute approximate surface area is 116 Å². The third kappa shape index (κ3) is 3.47. The molecule has 106 valence electrons. The van der Waals surface area contributed by atoms with Crippen LogP contribution in [0.3, 0.4) is 0 Å². The lowest BCUT2D eigenvalue weighted by molar-refractivity contribution is 0.0953. The Balaban J connectivity index is 1.97. The van der Waals surface area contributed by atoms with Crippen LogP contribution in [0, 0.1) is 0 Å². The molecule has 1 aromatic heterocycles. The molecule has 0 spiro atoms. The summed E-state index contributed by atoms with van der Waals surface area (Å²) in [6.45, 7) is 0.466. The van der Waals surface area contributed by atoms with Crippen molar-refractivity contribution in [2.24, 2.45) is 0 Å². The lowest BCUT2D eigenvalue weighted by Crippen LogP contribution is -2.26. The summed E-state index contributed by atoms with van der Waals surface area (Å²) in [6, 6.07) is 5.03. The highest BCUT2D eigenvalue weighted by Gasteiger charge is 2.09. The van der Waals surface area contributed by atoms with E-state index < -0.39 is 0 Å². The van der Waals surface area contributed by atoms with Crippen LogP contribution in [0.15, 0.2) is 24.5 Å². The van der Waals surface area contributed by atoms with Crippen molar-refractivity contribution in [3.63, 3.8) is 0 Å². The number of carbonyl (C=O) groups excluding carboxylic acids is 1. The van der Waals surface area contributed by atoms with Gasteiger partial charge in [0.2, 0.25) is 0 Å². The Bertz CT molecular complexity index is 547. The average Bonchev–Trinajstić information content (AvgIpc) is 2.99. The molecule has 0 aliphatic rings. The molecule has 1 amide bonds. The summed E-state index contributed by atoms with van der Waals surface area (Å²) in [4.78, 5) is 16.0. The molecule has 20 heavy (non-hydrogen) atoms. The second kappa shape index (κ2) is 6.55.